The van der Waals surface area contributed by atoms with E-state index in [1.165, 1.54) is 24.3 Å². The molecule has 0 aromatic heterocycles. The van der Waals surface area contributed by atoms with Crippen molar-refractivity contribution in [2.75, 3.05) is 10.6 Å². The zero-order valence-electron chi connectivity index (χ0n) is 15.4. The van der Waals surface area contributed by atoms with E-state index in [0.29, 0.717) is 22.0 Å². The van der Waals surface area contributed by atoms with Gasteiger partial charge in [0, 0.05) is 33.1 Å². The van der Waals surface area contributed by atoms with Gasteiger partial charge >= 0.3 is 0 Å². The number of anilines is 2. The van der Waals surface area contributed by atoms with Crippen molar-refractivity contribution in [1.82, 2.24) is 0 Å². The number of hydrogen-bond donors (Lipinski definition) is 2. The van der Waals surface area contributed by atoms with Gasteiger partial charge in [0.05, 0.1) is 5.97 Å². The van der Waals surface area contributed by atoms with E-state index in [4.69, 9.17) is 11.6 Å². The molecule has 0 spiro atoms. The number of amides is 2. The van der Waals surface area contributed by atoms with E-state index in [1.54, 1.807) is 42.5 Å². The highest BCUT2D eigenvalue weighted by atomic mass is 35.5. The van der Waals surface area contributed by atoms with Gasteiger partial charge in [0.25, 0.3) is 11.8 Å². The van der Waals surface area contributed by atoms with Gasteiger partial charge in [-0.1, -0.05) is 41.9 Å². The summed E-state index contributed by atoms with van der Waals surface area (Å²) in [6.07, 6.45) is 0. The van der Waals surface area contributed by atoms with E-state index in [9.17, 15) is 19.5 Å². The van der Waals surface area contributed by atoms with Crippen molar-refractivity contribution < 1.29 is 19.5 Å². The number of halogens is 1. The van der Waals surface area contributed by atoms with Crippen molar-refractivity contribution >= 4 is 40.8 Å². The molecule has 3 aromatic rings. The maximum absolute atomic E-state index is 12.6. The van der Waals surface area contributed by atoms with Gasteiger partial charge in [0.1, 0.15) is 0 Å². The van der Waals surface area contributed by atoms with Crippen LogP contribution >= 0.6 is 11.6 Å². The number of carbonyl (C=O) groups is 3. The highest BCUT2D eigenvalue weighted by Gasteiger charge is 2.13. The number of hydrogen-bond acceptors (Lipinski definition) is 4. The molecule has 0 radical (unpaired) electrons. The molecule has 0 aliphatic rings. The van der Waals surface area contributed by atoms with Crippen LogP contribution in [-0.2, 0) is 0 Å². The van der Waals surface area contributed by atoms with Gasteiger partial charge in [-0.15, -0.1) is 0 Å². The first-order chi connectivity index (χ1) is 13.8. The summed E-state index contributed by atoms with van der Waals surface area (Å²) in [5.41, 5.74) is 1.85. The van der Waals surface area contributed by atoms with Crippen molar-refractivity contribution in [3.8, 4) is 0 Å². The molecule has 7 heteroatoms. The molecule has 0 fully saturated rings. The van der Waals surface area contributed by atoms with Crippen molar-refractivity contribution in [2.45, 2.75) is 6.92 Å². The molecule has 0 unspecified atom stereocenters. The van der Waals surface area contributed by atoms with E-state index in [1.807, 2.05) is 6.92 Å². The Labute approximate surface area is 172 Å². The molecule has 6 nitrogen and oxygen atoms in total. The number of carboxylic acids is 1. The van der Waals surface area contributed by atoms with Crippen LogP contribution in [0, 0.1) is 6.92 Å². The van der Waals surface area contributed by atoms with Crippen LogP contribution in [0.1, 0.15) is 36.6 Å². The molecule has 29 heavy (non-hydrogen) atoms. The molecule has 3 aromatic carbocycles. The molecule has 0 aliphatic carbocycles. The first-order valence-electron chi connectivity index (χ1n) is 8.64. The lowest BCUT2D eigenvalue weighted by Crippen LogP contribution is -2.26. The smallest absolute Gasteiger partial charge is 0.256 e. The van der Waals surface area contributed by atoms with Crippen LogP contribution < -0.4 is 15.7 Å². The third-order valence-corrected chi connectivity index (χ3v) is 4.46. The van der Waals surface area contributed by atoms with Crippen LogP contribution in [0.25, 0.3) is 0 Å². The molecule has 0 aliphatic heterocycles. The summed E-state index contributed by atoms with van der Waals surface area (Å²) in [6.45, 7) is 1.84. The van der Waals surface area contributed by atoms with E-state index in [0.717, 1.165) is 5.56 Å². The first-order valence-corrected chi connectivity index (χ1v) is 9.02. The minimum absolute atomic E-state index is 0.0306. The molecule has 0 heterocycles. The van der Waals surface area contributed by atoms with E-state index >= 15 is 0 Å². The highest BCUT2D eigenvalue weighted by molar-refractivity contribution is 6.31. The summed E-state index contributed by atoms with van der Waals surface area (Å²) in [6, 6.07) is 17.2. The maximum Gasteiger partial charge on any atom is 0.256 e. The van der Waals surface area contributed by atoms with Gasteiger partial charge in [-0.3, -0.25) is 9.59 Å². The fraction of sp³-hybridized carbons (Fsp3) is 0.0455. The minimum atomic E-state index is -1.44. The third kappa shape index (κ3) is 4.80. The summed E-state index contributed by atoms with van der Waals surface area (Å²) in [5, 5.41) is 17.1. The Morgan fingerprint density at radius 3 is 2.28 bits per heavy atom. The van der Waals surface area contributed by atoms with Crippen LogP contribution in [0.2, 0.25) is 5.02 Å². The van der Waals surface area contributed by atoms with Gasteiger partial charge in [0.15, 0.2) is 0 Å². The Balaban J connectivity index is 1.79. The number of benzene rings is 3. The van der Waals surface area contributed by atoms with E-state index in [-0.39, 0.29) is 17.0 Å². The lowest BCUT2D eigenvalue weighted by molar-refractivity contribution is -0.255. The molecular formula is C22H16ClN2O4-. The second kappa shape index (κ2) is 8.58. The summed E-state index contributed by atoms with van der Waals surface area (Å²) in [7, 11) is 0. The molecule has 0 atom stereocenters. The predicted molar refractivity (Wildman–Crippen MR) is 109 cm³/mol. The summed E-state index contributed by atoms with van der Waals surface area (Å²) in [5.74, 6) is -2.43. The number of carboxylic acid groups (broad SMARTS) is 1. The molecular weight excluding hydrogens is 392 g/mol. The Morgan fingerprint density at radius 2 is 1.55 bits per heavy atom. The van der Waals surface area contributed by atoms with Gasteiger partial charge in [-0.25, -0.2) is 0 Å². The molecule has 146 valence electrons. The van der Waals surface area contributed by atoms with Crippen molar-refractivity contribution in [3.63, 3.8) is 0 Å². The average molecular weight is 408 g/mol. The largest absolute Gasteiger partial charge is 0.545 e. The molecule has 0 saturated carbocycles. The SMILES string of the molecule is Cc1ccc(Cl)cc1NC(=O)c1cccc(NC(=O)c2ccccc2C(=O)[O-])c1. The summed E-state index contributed by atoms with van der Waals surface area (Å²) < 4.78 is 0. The Kier molecular flexibility index (Phi) is 5.95. The number of rotatable bonds is 5. The molecule has 0 saturated heterocycles. The Hall–Kier alpha value is -3.64. The lowest BCUT2D eigenvalue weighted by atomic mass is 10.1. The fourth-order valence-electron chi connectivity index (χ4n) is 2.72. The molecule has 2 N–H and O–H groups in total. The van der Waals surface area contributed by atoms with E-state index < -0.39 is 11.9 Å². The second-order valence-electron chi connectivity index (χ2n) is 6.28. The number of nitrogens with one attached hydrogen (secondary N) is 2. The zero-order valence-corrected chi connectivity index (χ0v) is 16.1. The first kappa shape index (κ1) is 20.1. The fourth-order valence-corrected chi connectivity index (χ4v) is 2.89. The van der Waals surface area contributed by atoms with Crippen LogP contribution in [-0.4, -0.2) is 17.8 Å². The van der Waals surface area contributed by atoms with Crippen LogP contribution in [0.4, 0.5) is 11.4 Å². The molecule has 3 rings (SSSR count). The second-order valence-corrected chi connectivity index (χ2v) is 6.72. The predicted octanol–water partition coefficient (Wildman–Crippen LogP) is 3.52. The van der Waals surface area contributed by atoms with Gasteiger partial charge in [-0.05, 0) is 48.9 Å². The summed E-state index contributed by atoms with van der Waals surface area (Å²) in [4.78, 5) is 36.2. The highest BCUT2D eigenvalue weighted by Crippen LogP contribution is 2.21. The van der Waals surface area contributed by atoms with Crippen LogP contribution in [0.15, 0.2) is 66.7 Å². The van der Waals surface area contributed by atoms with Gasteiger partial charge in [-0.2, -0.15) is 0 Å². The van der Waals surface area contributed by atoms with Crippen LogP contribution in [0.3, 0.4) is 0 Å². The molecule has 0 bridgehead atoms. The summed E-state index contributed by atoms with van der Waals surface area (Å²) >= 11 is 5.98. The van der Waals surface area contributed by atoms with Crippen molar-refractivity contribution in [3.05, 3.63) is 94.0 Å². The Morgan fingerprint density at radius 1 is 0.828 bits per heavy atom. The minimum Gasteiger partial charge on any atom is -0.545 e. The normalized spacial score (nSPS) is 10.3. The zero-order chi connectivity index (χ0) is 21.0. The topological polar surface area (TPSA) is 98.3 Å². The van der Waals surface area contributed by atoms with Crippen molar-refractivity contribution in [1.29, 1.82) is 0 Å². The number of carbonyl (C=O) groups excluding carboxylic acids is 3. The van der Waals surface area contributed by atoms with E-state index in [2.05, 4.69) is 10.6 Å². The van der Waals surface area contributed by atoms with Crippen molar-refractivity contribution in [2.24, 2.45) is 0 Å². The quantitative estimate of drug-likeness (QED) is 0.676. The third-order valence-electron chi connectivity index (χ3n) is 4.22. The number of aryl methyl sites for hydroxylation is 1. The Bertz CT molecular complexity index is 1110. The number of aromatic carboxylic acids is 1. The van der Waals surface area contributed by atoms with Crippen LogP contribution in [0.5, 0.6) is 0 Å². The monoisotopic (exact) mass is 407 g/mol. The van der Waals surface area contributed by atoms with Gasteiger partial charge < -0.3 is 20.5 Å². The lowest BCUT2D eigenvalue weighted by Gasteiger charge is -2.12. The molecule has 2 amide bonds. The maximum atomic E-state index is 12.6. The average Bonchev–Trinajstić information content (AvgIpc) is 2.70. The van der Waals surface area contributed by atoms with Gasteiger partial charge in [0.2, 0.25) is 0 Å². The standard InChI is InChI=1S/C22H17ClN2O4/c1-13-9-10-15(23)12-19(13)25-20(26)14-5-4-6-16(11-14)24-21(27)17-7-2-3-8-18(17)22(28)29/h2-12H,1H3,(H,24,27)(H,25,26)(H,28,29)/p-1.